The first-order valence-corrected chi connectivity index (χ1v) is 16.7. The van der Waals surface area contributed by atoms with Crippen molar-refractivity contribution in [2.24, 2.45) is 0 Å². The van der Waals surface area contributed by atoms with Gasteiger partial charge in [0.25, 0.3) is 10.2 Å². The third kappa shape index (κ3) is 10.5. The molecule has 2 aromatic heterocycles. The van der Waals surface area contributed by atoms with Crippen LogP contribution < -0.4 is 4.74 Å². The van der Waals surface area contributed by atoms with E-state index >= 15 is 0 Å². The number of ether oxygens (including phenoxy) is 2. The fourth-order valence-corrected chi connectivity index (χ4v) is 5.46. The molecule has 0 amide bonds. The van der Waals surface area contributed by atoms with Crippen LogP contribution in [0.4, 0.5) is 4.79 Å². The van der Waals surface area contributed by atoms with Crippen LogP contribution in [0.25, 0.3) is 22.5 Å². The molecule has 0 aliphatic carbocycles. The second-order valence-corrected chi connectivity index (χ2v) is 11.8. The summed E-state index contributed by atoms with van der Waals surface area (Å²) in [6.45, 7) is 1.82. The Morgan fingerprint density at radius 3 is 2.38 bits per heavy atom. The lowest BCUT2D eigenvalue weighted by molar-refractivity contribution is -0.763. The summed E-state index contributed by atoms with van der Waals surface area (Å²) < 4.78 is 12.7. The Hall–Kier alpha value is -6.43. The van der Waals surface area contributed by atoms with E-state index in [9.17, 15) is 29.8 Å². The van der Waals surface area contributed by atoms with Gasteiger partial charge in [0.1, 0.15) is 24.8 Å². The average molecular weight is 749 g/mol. The van der Waals surface area contributed by atoms with Gasteiger partial charge in [-0.15, -0.1) is 30.4 Å². The summed E-state index contributed by atoms with van der Waals surface area (Å²) in [4.78, 5) is 59.8. The molecule has 0 radical (unpaired) electrons. The minimum atomic E-state index is -0.938. The maximum atomic E-state index is 12.8. The molecule has 0 saturated heterocycles. The largest absolute Gasteiger partial charge is 0.459 e. The van der Waals surface area contributed by atoms with Crippen LogP contribution in [-0.2, 0) is 45.4 Å². The van der Waals surface area contributed by atoms with Crippen molar-refractivity contribution >= 4 is 23.7 Å². The third-order valence-electron chi connectivity index (χ3n) is 7.74. The van der Waals surface area contributed by atoms with Gasteiger partial charge in [0.05, 0.1) is 12.3 Å². The van der Waals surface area contributed by atoms with Crippen molar-refractivity contribution in [1.29, 1.82) is 0 Å². The molecular formula is C34H33ClN8O10. The number of aromatic nitrogens is 6. The zero-order chi connectivity index (χ0) is 37.7. The van der Waals surface area contributed by atoms with Crippen molar-refractivity contribution in [1.82, 2.24) is 29.8 Å². The summed E-state index contributed by atoms with van der Waals surface area (Å²) in [5.74, 6) is 0.493. The molecule has 0 aliphatic heterocycles. The number of unbranched alkanes of at least 4 members (excludes halogenated alkanes) is 1. The van der Waals surface area contributed by atoms with Crippen LogP contribution in [0.2, 0.25) is 5.15 Å². The van der Waals surface area contributed by atoms with Crippen LogP contribution in [0.15, 0.2) is 72.8 Å². The highest BCUT2D eigenvalue weighted by Crippen LogP contribution is 2.31. The number of carbonyl (C=O) groups is 2. The number of tetrazole rings is 1. The van der Waals surface area contributed by atoms with Gasteiger partial charge in [-0.1, -0.05) is 90.4 Å². The van der Waals surface area contributed by atoms with Gasteiger partial charge in [0.15, 0.2) is 5.15 Å². The lowest BCUT2D eigenvalue weighted by Crippen LogP contribution is -2.20. The number of benzene rings is 3. The number of aryl methyl sites for hydroxylation is 1. The number of hydrogen-bond donors (Lipinski definition) is 0. The van der Waals surface area contributed by atoms with E-state index in [0.29, 0.717) is 34.6 Å². The Labute approximate surface area is 306 Å². The molecule has 0 N–H and O–H groups in total. The Bertz CT molecular complexity index is 2070. The maximum Gasteiger partial charge on any atom is 0.459 e. The van der Waals surface area contributed by atoms with Gasteiger partial charge in [-0.25, -0.2) is 9.78 Å². The number of hydrogen-bond acceptors (Lipinski definition) is 14. The number of carbonyl (C=O) groups excluding carboxylic acids is 2. The van der Waals surface area contributed by atoms with Crippen molar-refractivity contribution in [3.63, 3.8) is 0 Å². The second-order valence-electron chi connectivity index (χ2n) is 11.4. The van der Waals surface area contributed by atoms with Gasteiger partial charge < -0.3 is 23.7 Å². The van der Waals surface area contributed by atoms with E-state index in [-0.39, 0.29) is 49.4 Å². The quantitative estimate of drug-likeness (QED) is 0.0432. The molecular weight excluding hydrogens is 716 g/mol. The van der Waals surface area contributed by atoms with Crippen molar-refractivity contribution < 1.29 is 38.9 Å². The summed E-state index contributed by atoms with van der Waals surface area (Å²) in [7, 11) is 0. The molecule has 0 bridgehead atoms. The van der Waals surface area contributed by atoms with Crippen LogP contribution in [0.3, 0.4) is 0 Å². The number of esters is 1. The first-order valence-electron chi connectivity index (χ1n) is 16.3. The van der Waals surface area contributed by atoms with Crippen LogP contribution in [0.1, 0.15) is 55.3 Å². The van der Waals surface area contributed by atoms with E-state index in [2.05, 4.69) is 37.0 Å². The monoisotopic (exact) mass is 748 g/mol. The van der Waals surface area contributed by atoms with Gasteiger partial charge in [0, 0.05) is 24.9 Å². The molecule has 0 unspecified atom stereocenters. The van der Waals surface area contributed by atoms with Gasteiger partial charge >= 0.3 is 12.1 Å². The van der Waals surface area contributed by atoms with Crippen molar-refractivity contribution in [2.75, 3.05) is 6.61 Å². The molecule has 0 saturated carbocycles. The predicted molar refractivity (Wildman–Crippen MR) is 185 cm³/mol. The molecule has 0 aliphatic rings. The summed E-state index contributed by atoms with van der Waals surface area (Å²) in [6.07, 6.45) is 1.63. The van der Waals surface area contributed by atoms with E-state index in [0.717, 1.165) is 35.4 Å². The minimum Gasteiger partial charge on any atom is -0.459 e. The Morgan fingerprint density at radius 2 is 1.64 bits per heavy atom. The van der Waals surface area contributed by atoms with Crippen molar-refractivity contribution in [2.45, 2.75) is 58.8 Å². The highest BCUT2D eigenvalue weighted by molar-refractivity contribution is 6.30. The molecule has 3 aromatic carbocycles. The van der Waals surface area contributed by atoms with E-state index in [4.69, 9.17) is 21.1 Å². The highest BCUT2D eigenvalue weighted by atomic mass is 35.5. The molecule has 5 rings (SSSR count). The predicted octanol–water partition coefficient (Wildman–Crippen LogP) is 6.04. The first kappa shape index (κ1) is 37.8. The number of halogens is 1. The fraction of sp³-hybridized carbons (Fsp3) is 0.294. The molecule has 276 valence electrons. The molecule has 53 heavy (non-hydrogen) atoms. The number of imidazole rings is 1. The smallest absolute Gasteiger partial charge is 0.459 e. The van der Waals surface area contributed by atoms with E-state index in [1.165, 1.54) is 12.1 Å². The topological polar surface area (TPSA) is 219 Å². The van der Waals surface area contributed by atoms with Gasteiger partial charge in [-0.2, -0.15) is 0 Å². The van der Waals surface area contributed by atoms with Crippen molar-refractivity contribution in [3.05, 3.63) is 121 Å². The molecule has 0 spiro atoms. The lowest BCUT2D eigenvalue weighted by atomic mass is 9.98. The van der Waals surface area contributed by atoms with Gasteiger partial charge in [-0.3, -0.25) is 4.79 Å². The zero-order valence-corrected chi connectivity index (χ0v) is 29.1. The lowest BCUT2D eigenvalue weighted by Gasteiger charge is -2.14. The summed E-state index contributed by atoms with van der Waals surface area (Å²) in [5.41, 5.74) is 4.09. The van der Waals surface area contributed by atoms with Crippen LogP contribution in [0, 0.1) is 20.2 Å². The van der Waals surface area contributed by atoms with Gasteiger partial charge in [-0.05, 0) is 52.4 Å². The van der Waals surface area contributed by atoms with Crippen molar-refractivity contribution in [3.8, 4) is 28.3 Å². The Morgan fingerprint density at radius 1 is 0.887 bits per heavy atom. The standard InChI is InChI=1S/C34H33ClN8O10/c1-2-3-12-30-36-32(35)29(22-50-31(44)13-7-18-51-42(46)47)40(30)20-23-14-16-25(17-15-23)27-10-4-5-11-28(27)33-37-39-41(38-33)34(45)53-26-9-6-8-24(19-26)21-52-43(48)49/h4-6,8-11,14-17,19H,2-3,7,12-13,18,20-22H2,1H3. The van der Waals surface area contributed by atoms with Crippen LogP contribution in [0.5, 0.6) is 5.75 Å². The zero-order valence-electron chi connectivity index (χ0n) is 28.3. The Balaban J connectivity index is 1.29. The molecule has 19 heteroatoms. The normalized spacial score (nSPS) is 10.8. The average Bonchev–Trinajstić information content (AvgIpc) is 3.76. The molecule has 18 nitrogen and oxygen atoms in total. The molecule has 0 atom stereocenters. The van der Waals surface area contributed by atoms with E-state index in [1.54, 1.807) is 24.3 Å². The number of nitrogens with zero attached hydrogens (tertiary/aromatic N) is 8. The van der Waals surface area contributed by atoms with Crippen LogP contribution in [-0.4, -0.2) is 58.6 Å². The minimum absolute atomic E-state index is 0.0544. The maximum absolute atomic E-state index is 12.8. The second kappa shape index (κ2) is 18.2. The van der Waals surface area contributed by atoms with E-state index in [1.807, 2.05) is 41.0 Å². The van der Waals surface area contributed by atoms with Gasteiger partial charge in [0.2, 0.25) is 5.82 Å². The SMILES string of the molecule is CCCCc1nc(Cl)c(COC(=O)CCCO[N+](=O)[O-])n1Cc1ccc(-c2ccccc2-c2nnn(C(=O)Oc3cccc(CO[N+](=O)[O-])c3)n2)cc1. The summed E-state index contributed by atoms with van der Waals surface area (Å²) >= 11 is 6.52. The summed E-state index contributed by atoms with van der Waals surface area (Å²) in [5, 5.41) is 31.4. The molecule has 2 heterocycles. The van der Waals surface area contributed by atoms with E-state index < -0.39 is 22.2 Å². The fourth-order valence-electron chi connectivity index (χ4n) is 5.20. The Kier molecular flexibility index (Phi) is 13.0. The highest BCUT2D eigenvalue weighted by Gasteiger charge is 2.20. The molecule has 0 fully saturated rings. The third-order valence-corrected chi connectivity index (χ3v) is 8.04. The first-order chi connectivity index (χ1) is 25.6. The van der Waals surface area contributed by atoms with Crippen LogP contribution >= 0.6 is 11.6 Å². The summed E-state index contributed by atoms with van der Waals surface area (Å²) in [6, 6.07) is 21.2. The molecule has 5 aromatic rings. The number of rotatable bonds is 18.